The van der Waals surface area contributed by atoms with Gasteiger partial charge >= 0.3 is 0 Å². The van der Waals surface area contributed by atoms with Crippen molar-refractivity contribution >= 4 is 17.5 Å². The average molecular weight is 380 g/mol. The van der Waals surface area contributed by atoms with Crippen molar-refractivity contribution in [2.75, 3.05) is 36.0 Å². The van der Waals surface area contributed by atoms with E-state index >= 15 is 0 Å². The van der Waals surface area contributed by atoms with Crippen LogP contribution in [0.15, 0.2) is 30.5 Å². The third kappa shape index (κ3) is 3.96. The third-order valence-electron chi connectivity index (χ3n) is 6.05. The molecule has 1 aliphatic carbocycles. The fourth-order valence-electron chi connectivity index (χ4n) is 4.18. The Kier molecular flexibility index (Phi) is 5.46. The SMILES string of the molecule is Cc1cccc(N2CCN(c3nccc(C(=O)NC4CCCC4)n3)CC2)c1C. The summed E-state index contributed by atoms with van der Waals surface area (Å²) in [4.78, 5) is 26.1. The van der Waals surface area contributed by atoms with Crippen molar-refractivity contribution in [2.45, 2.75) is 45.6 Å². The molecular formula is C22H29N5O. The van der Waals surface area contributed by atoms with Crippen LogP contribution in [-0.2, 0) is 0 Å². The first-order valence-corrected chi connectivity index (χ1v) is 10.3. The van der Waals surface area contributed by atoms with E-state index in [0.717, 1.165) is 39.0 Å². The van der Waals surface area contributed by atoms with Gasteiger partial charge in [-0.25, -0.2) is 9.97 Å². The summed E-state index contributed by atoms with van der Waals surface area (Å²) >= 11 is 0. The largest absolute Gasteiger partial charge is 0.368 e. The Bertz CT molecular complexity index is 839. The summed E-state index contributed by atoms with van der Waals surface area (Å²) in [5.41, 5.74) is 4.45. The number of aryl methyl sites for hydroxylation is 1. The maximum atomic E-state index is 12.5. The number of hydrogen-bond acceptors (Lipinski definition) is 5. The van der Waals surface area contributed by atoms with Crippen molar-refractivity contribution < 1.29 is 4.79 Å². The molecule has 0 bridgehead atoms. The first-order chi connectivity index (χ1) is 13.6. The summed E-state index contributed by atoms with van der Waals surface area (Å²) in [6, 6.07) is 8.49. The number of carbonyl (C=O) groups excluding carboxylic acids is 1. The van der Waals surface area contributed by atoms with Crippen molar-refractivity contribution in [3.63, 3.8) is 0 Å². The van der Waals surface area contributed by atoms with Gasteiger partial charge in [0, 0.05) is 44.1 Å². The van der Waals surface area contributed by atoms with Crippen molar-refractivity contribution in [1.29, 1.82) is 0 Å². The number of piperazine rings is 1. The number of hydrogen-bond donors (Lipinski definition) is 1. The highest BCUT2D eigenvalue weighted by Crippen LogP contribution is 2.24. The normalized spacial score (nSPS) is 17.8. The number of nitrogens with one attached hydrogen (secondary N) is 1. The summed E-state index contributed by atoms with van der Waals surface area (Å²) in [6.45, 7) is 7.89. The molecule has 1 aliphatic heterocycles. The Balaban J connectivity index is 1.40. The quantitative estimate of drug-likeness (QED) is 0.885. The molecule has 2 aromatic rings. The molecule has 0 atom stereocenters. The molecule has 1 saturated heterocycles. The Hall–Kier alpha value is -2.63. The van der Waals surface area contributed by atoms with Crippen LogP contribution in [0, 0.1) is 13.8 Å². The zero-order valence-electron chi connectivity index (χ0n) is 16.8. The molecule has 0 spiro atoms. The summed E-state index contributed by atoms with van der Waals surface area (Å²) in [5.74, 6) is 0.573. The van der Waals surface area contributed by atoms with Crippen LogP contribution in [0.1, 0.15) is 47.3 Å². The molecule has 1 aromatic carbocycles. The standard InChI is InChI=1S/C22H29N5O/c1-16-6-5-9-20(17(16)2)26-12-14-27(15-13-26)22-23-11-10-19(25-22)21(28)24-18-7-3-4-8-18/h5-6,9-11,18H,3-4,7-8,12-15H2,1-2H3,(H,24,28). The summed E-state index contributed by atoms with van der Waals surface area (Å²) in [5, 5.41) is 3.11. The molecule has 4 rings (SSSR count). The second kappa shape index (κ2) is 8.17. The predicted octanol–water partition coefficient (Wildman–Crippen LogP) is 3.09. The maximum Gasteiger partial charge on any atom is 0.270 e. The molecule has 1 aromatic heterocycles. The van der Waals surface area contributed by atoms with Gasteiger partial charge in [0.25, 0.3) is 5.91 Å². The minimum Gasteiger partial charge on any atom is -0.368 e. The van der Waals surface area contributed by atoms with Gasteiger partial charge in [0.2, 0.25) is 5.95 Å². The number of rotatable bonds is 4. The number of anilines is 2. The molecule has 2 heterocycles. The van der Waals surface area contributed by atoms with Crippen molar-refractivity contribution in [2.24, 2.45) is 0 Å². The topological polar surface area (TPSA) is 61.4 Å². The van der Waals surface area contributed by atoms with E-state index in [-0.39, 0.29) is 5.91 Å². The molecule has 1 saturated carbocycles. The zero-order valence-corrected chi connectivity index (χ0v) is 16.8. The second-order valence-electron chi connectivity index (χ2n) is 7.89. The molecule has 1 N–H and O–H groups in total. The van der Waals surface area contributed by atoms with E-state index in [1.807, 2.05) is 0 Å². The lowest BCUT2D eigenvalue weighted by Gasteiger charge is -2.37. The number of carbonyl (C=O) groups is 1. The lowest BCUT2D eigenvalue weighted by atomic mass is 10.1. The monoisotopic (exact) mass is 379 g/mol. The van der Waals surface area contributed by atoms with Crippen molar-refractivity contribution in [3.8, 4) is 0 Å². The second-order valence-corrected chi connectivity index (χ2v) is 7.89. The fraction of sp³-hybridized carbons (Fsp3) is 0.500. The van der Waals surface area contributed by atoms with E-state index in [2.05, 4.69) is 57.1 Å². The minimum absolute atomic E-state index is 0.0791. The molecule has 2 aliphatic rings. The van der Waals surface area contributed by atoms with Crippen LogP contribution in [0.2, 0.25) is 0 Å². The van der Waals surface area contributed by atoms with Gasteiger partial charge in [0.15, 0.2) is 0 Å². The van der Waals surface area contributed by atoms with Gasteiger partial charge < -0.3 is 15.1 Å². The molecule has 0 radical (unpaired) electrons. The van der Waals surface area contributed by atoms with Gasteiger partial charge in [-0.1, -0.05) is 25.0 Å². The number of benzene rings is 1. The summed E-state index contributed by atoms with van der Waals surface area (Å²) < 4.78 is 0. The van der Waals surface area contributed by atoms with Crippen molar-refractivity contribution in [3.05, 3.63) is 47.3 Å². The number of nitrogens with zero attached hydrogens (tertiary/aromatic N) is 4. The van der Waals surface area contributed by atoms with Gasteiger partial charge in [0.05, 0.1) is 0 Å². The van der Waals surface area contributed by atoms with E-state index in [4.69, 9.17) is 0 Å². The highest BCUT2D eigenvalue weighted by molar-refractivity contribution is 5.92. The Morgan fingerprint density at radius 3 is 2.50 bits per heavy atom. The van der Waals surface area contributed by atoms with Crippen LogP contribution in [0.3, 0.4) is 0 Å². The zero-order chi connectivity index (χ0) is 19.5. The molecule has 6 nitrogen and oxygen atoms in total. The van der Waals surface area contributed by atoms with Crippen LogP contribution in [0.4, 0.5) is 11.6 Å². The summed E-state index contributed by atoms with van der Waals surface area (Å²) in [6.07, 6.45) is 6.24. The van der Waals surface area contributed by atoms with E-state index < -0.39 is 0 Å². The van der Waals surface area contributed by atoms with Crippen LogP contribution in [-0.4, -0.2) is 48.1 Å². The Morgan fingerprint density at radius 1 is 1.04 bits per heavy atom. The van der Waals surface area contributed by atoms with Gasteiger partial charge in [-0.05, 0) is 49.9 Å². The first-order valence-electron chi connectivity index (χ1n) is 10.3. The van der Waals surface area contributed by atoms with Crippen LogP contribution in [0.25, 0.3) is 0 Å². The summed E-state index contributed by atoms with van der Waals surface area (Å²) in [7, 11) is 0. The molecule has 1 amide bonds. The Morgan fingerprint density at radius 2 is 1.75 bits per heavy atom. The fourth-order valence-corrected chi connectivity index (χ4v) is 4.18. The van der Waals surface area contributed by atoms with E-state index in [1.165, 1.54) is 29.7 Å². The van der Waals surface area contributed by atoms with Crippen LogP contribution >= 0.6 is 0 Å². The highest BCUT2D eigenvalue weighted by atomic mass is 16.1. The van der Waals surface area contributed by atoms with Gasteiger partial charge in [-0.3, -0.25) is 4.79 Å². The number of amides is 1. The van der Waals surface area contributed by atoms with E-state index in [0.29, 0.717) is 17.7 Å². The van der Waals surface area contributed by atoms with Gasteiger partial charge in [0.1, 0.15) is 5.69 Å². The van der Waals surface area contributed by atoms with Crippen molar-refractivity contribution in [1.82, 2.24) is 15.3 Å². The van der Waals surface area contributed by atoms with Gasteiger partial charge in [-0.15, -0.1) is 0 Å². The van der Waals surface area contributed by atoms with Gasteiger partial charge in [-0.2, -0.15) is 0 Å². The molecule has 28 heavy (non-hydrogen) atoms. The van der Waals surface area contributed by atoms with E-state index in [9.17, 15) is 4.79 Å². The lowest BCUT2D eigenvalue weighted by Crippen LogP contribution is -2.47. The predicted molar refractivity (Wildman–Crippen MR) is 112 cm³/mol. The average Bonchev–Trinajstić information content (AvgIpc) is 3.23. The smallest absolute Gasteiger partial charge is 0.270 e. The minimum atomic E-state index is -0.0791. The molecule has 0 unspecified atom stereocenters. The lowest BCUT2D eigenvalue weighted by molar-refractivity contribution is 0.0932. The Labute approximate surface area is 167 Å². The highest BCUT2D eigenvalue weighted by Gasteiger charge is 2.23. The molecule has 2 fully saturated rings. The molecule has 6 heteroatoms. The van der Waals surface area contributed by atoms with Crippen LogP contribution in [0.5, 0.6) is 0 Å². The third-order valence-corrected chi connectivity index (χ3v) is 6.05. The number of aromatic nitrogens is 2. The molecular weight excluding hydrogens is 350 g/mol. The van der Waals surface area contributed by atoms with E-state index in [1.54, 1.807) is 12.3 Å². The van der Waals surface area contributed by atoms with Crippen LogP contribution < -0.4 is 15.1 Å². The molecule has 148 valence electrons. The maximum absolute atomic E-state index is 12.5. The first kappa shape index (κ1) is 18.7.